The van der Waals surface area contributed by atoms with Gasteiger partial charge in [-0.15, -0.1) is 0 Å². The minimum atomic E-state index is -3.63. The van der Waals surface area contributed by atoms with Gasteiger partial charge in [0, 0.05) is 31.7 Å². The molecule has 0 atom stereocenters. The van der Waals surface area contributed by atoms with E-state index in [9.17, 15) is 18.0 Å². The molecule has 8 nitrogen and oxygen atoms in total. The number of nitrogens with zero attached hydrogens (tertiary/aromatic N) is 2. The van der Waals surface area contributed by atoms with E-state index in [-0.39, 0.29) is 22.5 Å². The molecule has 152 valence electrons. The SMILES string of the molecule is CC(=O)Nc1ccc(S(=O)(=O)N2CCC(n3c(=O)[nH]c4ccccc43)CC2)cc1. The first-order valence-corrected chi connectivity index (χ1v) is 10.9. The van der Waals surface area contributed by atoms with Crippen molar-refractivity contribution in [3.05, 3.63) is 59.0 Å². The van der Waals surface area contributed by atoms with Gasteiger partial charge in [0.15, 0.2) is 0 Å². The quantitative estimate of drug-likeness (QED) is 0.684. The number of nitrogens with one attached hydrogen (secondary N) is 2. The first-order valence-electron chi connectivity index (χ1n) is 9.43. The Bertz CT molecular complexity index is 1200. The van der Waals surface area contributed by atoms with Crippen molar-refractivity contribution >= 4 is 32.7 Å². The maximum atomic E-state index is 13.0. The second-order valence-electron chi connectivity index (χ2n) is 7.16. The summed E-state index contributed by atoms with van der Waals surface area (Å²) < 4.78 is 29.1. The molecule has 0 aliphatic carbocycles. The van der Waals surface area contributed by atoms with Crippen molar-refractivity contribution in [1.29, 1.82) is 0 Å². The lowest BCUT2D eigenvalue weighted by atomic mass is 10.1. The van der Waals surface area contributed by atoms with E-state index in [0.717, 1.165) is 11.0 Å². The Morgan fingerprint density at radius 1 is 1.07 bits per heavy atom. The van der Waals surface area contributed by atoms with Crippen molar-refractivity contribution in [3.63, 3.8) is 0 Å². The maximum absolute atomic E-state index is 13.0. The summed E-state index contributed by atoms with van der Waals surface area (Å²) in [5.74, 6) is -0.213. The molecule has 0 saturated carbocycles. The number of sulfonamides is 1. The van der Waals surface area contributed by atoms with E-state index in [4.69, 9.17) is 0 Å². The zero-order chi connectivity index (χ0) is 20.6. The van der Waals surface area contributed by atoms with Crippen molar-refractivity contribution in [3.8, 4) is 0 Å². The van der Waals surface area contributed by atoms with E-state index in [0.29, 0.717) is 31.6 Å². The number of benzene rings is 2. The summed E-state index contributed by atoms with van der Waals surface area (Å²) in [5, 5.41) is 2.62. The fourth-order valence-electron chi connectivity index (χ4n) is 3.84. The van der Waals surface area contributed by atoms with Crippen molar-refractivity contribution < 1.29 is 13.2 Å². The van der Waals surface area contributed by atoms with Crippen LogP contribution in [-0.2, 0) is 14.8 Å². The fraction of sp³-hybridized carbons (Fsp3) is 0.300. The molecule has 3 aromatic rings. The highest BCUT2D eigenvalue weighted by Gasteiger charge is 2.31. The molecule has 2 N–H and O–H groups in total. The Morgan fingerprint density at radius 2 is 1.72 bits per heavy atom. The topological polar surface area (TPSA) is 104 Å². The standard InChI is InChI=1S/C20H22N4O4S/c1-14(25)21-15-6-8-17(9-7-15)29(27,28)23-12-10-16(11-13-23)24-19-5-3-2-4-18(19)22-20(24)26/h2-9,16H,10-13H2,1H3,(H,21,25)(H,22,26). The summed E-state index contributed by atoms with van der Waals surface area (Å²) in [5.41, 5.74) is 2.01. The number of anilines is 1. The minimum absolute atomic E-state index is 0.0488. The highest BCUT2D eigenvalue weighted by atomic mass is 32.2. The van der Waals surface area contributed by atoms with E-state index in [2.05, 4.69) is 10.3 Å². The number of piperidine rings is 1. The molecule has 4 rings (SSSR count). The van der Waals surface area contributed by atoms with Gasteiger partial charge in [0.1, 0.15) is 0 Å². The number of para-hydroxylation sites is 2. The summed E-state index contributed by atoms with van der Waals surface area (Å²) in [7, 11) is -3.63. The molecule has 0 bridgehead atoms. The molecular formula is C20H22N4O4S. The van der Waals surface area contributed by atoms with E-state index in [1.807, 2.05) is 24.3 Å². The number of carbonyl (C=O) groups excluding carboxylic acids is 1. The van der Waals surface area contributed by atoms with Gasteiger partial charge in [-0.3, -0.25) is 9.36 Å². The highest BCUT2D eigenvalue weighted by Crippen LogP contribution is 2.28. The molecule has 0 unspecified atom stereocenters. The van der Waals surface area contributed by atoms with E-state index < -0.39 is 10.0 Å². The average Bonchev–Trinajstić information content (AvgIpc) is 3.04. The molecule has 2 aromatic carbocycles. The van der Waals surface area contributed by atoms with Crippen molar-refractivity contribution in [2.45, 2.75) is 30.7 Å². The molecule has 0 spiro atoms. The van der Waals surface area contributed by atoms with Crippen LogP contribution < -0.4 is 11.0 Å². The van der Waals surface area contributed by atoms with Crippen LogP contribution >= 0.6 is 0 Å². The van der Waals surface area contributed by atoms with Crippen LogP contribution in [0.5, 0.6) is 0 Å². The first kappa shape index (κ1) is 19.4. The molecule has 1 fully saturated rings. The van der Waals surface area contributed by atoms with Gasteiger partial charge in [0.25, 0.3) is 0 Å². The van der Waals surface area contributed by atoms with Gasteiger partial charge in [-0.1, -0.05) is 12.1 Å². The summed E-state index contributed by atoms with van der Waals surface area (Å²) in [4.78, 5) is 26.5. The van der Waals surface area contributed by atoms with Gasteiger partial charge in [-0.25, -0.2) is 13.2 Å². The van der Waals surface area contributed by atoms with Gasteiger partial charge in [0.2, 0.25) is 15.9 Å². The van der Waals surface area contributed by atoms with Crippen LogP contribution in [0.3, 0.4) is 0 Å². The number of imidazole rings is 1. The van der Waals surface area contributed by atoms with E-state index in [1.54, 1.807) is 16.7 Å². The van der Waals surface area contributed by atoms with Gasteiger partial charge in [-0.2, -0.15) is 4.31 Å². The maximum Gasteiger partial charge on any atom is 0.326 e. The Morgan fingerprint density at radius 3 is 2.38 bits per heavy atom. The molecule has 1 aromatic heterocycles. The number of amides is 1. The molecule has 1 amide bonds. The van der Waals surface area contributed by atoms with Gasteiger partial charge in [-0.05, 0) is 49.2 Å². The number of H-pyrrole nitrogens is 1. The third kappa shape index (κ3) is 3.70. The largest absolute Gasteiger partial charge is 0.326 e. The number of carbonyl (C=O) groups is 1. The van der Waals surface area contributed by atoms with Crippen LogP contribution in [0.15, 0.2) is 58.2 Å². The summed E-state index contributed by atoms with van der Waals surface area (Å²) in [6.45, 7) is 2.08. The lowest BCUT2D eigenvalue weighted by Crippen LogP contribution is -2.40. The lowest BCUT2D eigenvalue weighted by molar-refractivity contribution is -0.114. The van der Waals surface area contributed by atoms with Gasteiger partial charge >= 0.3 is 5.69 Å². The zero-order valence-corrected chi connectivity index (χ0v) is 16.8. The molecule has 1 saturated heterocycles. The molecule has 0 radical (unpaired) electrons. The average molecular weight is 414 g/mol. The van der Waals surface area contributed by atoms with Gasteiger partial charge in [0.05, 0.1) is 15.9 Å². The van der Waals surface area contributed by atoms with Gasteiger partial charge < -0.3 is 10.3 Å². The monoisotopic (exact) mass is 414 g/mol. The number of fused-ring (bicyclic) bond motifs is 1. The number of hydrogen-bond donors (Lipinski definition) is 2. The first-order chi connectivity index (χ1) is 13.9. The van der Waals surface area contributed by atoms with Crippen molar-refractivity contribution in [2.24, 2.45) is 0 Å². The molecule has 29 heavy (non-hydrogen) atoms. The fourth-order valence-corrected chi connectivity index (χ4v) is 5.31. The summed E-state index contributed by atoms with van der Waals surface area (Å²) >= 11 is 0. The smallest absolute Gasteiger partial charge is 0.326 e. The van der Waals surface area contributed by atoms with Crippen LogP contribution in [0.2, 0.25) is 0 Å². The molecule has 1 aliphatic heterocycles. The van der Waals surface area contributed by atoms with Crippen LogP contribution in [0, 0.1) is 0 Å². The minimum Gasteiger partial charge on any atom is -0.326 e. The normalized spacial score (nSPS) is 16.2. The number of rotatable bonds is 4. The Balaban J connectivity index is 1.50. The van der Waals surface area contributed by atoms with Crippen molar-refractivity contribution in [2.75, 3.05) is 18.4 Å². The third-order valence-electron chi connectivity index (χ3n) is 5.23. The van der Waals surface area contributed by atoms with Crippen LogP contribution in [0.4, 0.5) is 5.69 Å². The highest BCUT2D eigenvalue weighted by molar-refractivity contribution is 7.89. The number of hydrogen-bond acceptors (Lipinski definition) is 4. The Hall–Kier alpha value is -2.91. The molecular weight excluding hydrogens is 392 g/mol. The van der Waals surface area contributed by atoms with E-state index in [1.165, 1.54) is 23.4 Å². The summed E-state index contributed by atoms with van der Waals surface area (Å²) in [6.07, 6.45) is 1.12. The van der Waals surface area contributed by atoms with Crippen LogP contribution in [0.1, 0.15) is 25.8 Å². The Kier molecular flexibility index (Phi) is 5.01. The third-order valence-corrected chi connectivity index (χ3v) is 7.14. The Labute approximate surface area is 168 Å². The second-order valence-corrected chi connectivity index (χ2v) is 9.10. The van der Waals surface area contributed by atoms with Crippen molar-refractivity contribution in [1.82, 2.24) is 13.9 Å². The second kappa shape index (κ2) is 7.49. The zero-order valence-electron chi connectivity index (χ0n) is 16.0. The molecule has 9 heteroatoms. The predicted molar refractivity (Wildman–Crippen MR) is 110 cm³/mol. The van der Waals surface area contributed by atoms with E-state index >= 15 is 0 Å². The van der Waals surface area contributed by atoms with Crippen LogP contribution in [-0.4, -0.2) is 41.3 Å². The van der Waals surface area contributed by atoms with Crippen LogP contribution in [0.25, 0.3) is 11.0 Å². The number of aromatic amines is 1. The molecule has 2 heterocycles. The summed E-state index contributed by atoms with van der Waals surface area (Å²) in [6, 6.07) is 13.6. The molecule has 1 aliphatic rings. The lowest BCUT2D eigenvalue weighted by Gasteiger charge is -2.31. The number of aromatic nitrogens is 2. The predicted octanol–water partition coefficient (Wildman–Crippen LogP) is 2.31.